The van der Waals surface area contributed by atoms with Gasteiger partial charge in [0.05, 0.1) is 11.3 Å². The number of rotatable bonds is 1. The Morgan fingerprint density at radius 1 is 1.36 bits per heavy atom. The van der Waals surface area contributed by atoms with E-state index in [-0.39, 0.29) is 0 Å². The second-order valence-corrected chi connectivity index (χ2v) is 3.96. The normalized spacial score (nSPS) is 14.9. The van der Waals surface area contributed by atoms with E-state index in [9.17, 15) is 9.59 Å². The van der Waals surface area contributed by atoms with Crippen molar-refractivity contribution in [2.45, 2.75) is 6.92 Å². The number of hydrogen-bond acceptors (Lipinski definition) is 2. The van der Waals surface area contributed by atoms with Gasteiger partial charge in [-0.15, -0.1) is 0 Å². The van der Waals surface area contributed by atoms with E-state index in [2.05, 4.69) is 15.9 Å². The number of carbonyl (C=O) groups excluding carboxylic acids is 2. The van der Waals surface area contributed by atoms with Crippen molar-refractivity contribution < 1.29 is 9.59 Å². The fraction of sp³-hybridized carbons (Fsp3) is 0.200. The number of carbonyl (C=O) groups is 2. The van der Waals surface area contributed by atoms with E-state index < -0.39 is 11.7 Å². The molecule has 1 heterocycles. The minimum absolute atomic E-state index is 0.414. The van der Waals surface area contributed by atoms with Crippen LogP contribution in [0.1, 0.15) is 17.3 Å². The molecule has 72 valence electrons. The molecule has 14 heavy (non-hydrogen) atoms. The Balaban J connectivity index is 2.61. The van der Waals surface area contributed by atoms with Gasteiger partial charge in [-0.3, -0.25) is 9.59 Å². The number of Topliss-reactive ketones (excluding diaryl/α,β-unsaturated/α-hetero) is 1. The monoisotopic (exact) mass is 253 g/mol. The predicted molar refractivity (Wildman–Crippen MR) is 56.5 cm³/mol. The average molecular weight is 254 g/mol. The van der Waals surface area contributed by atoms with Crippen LogP contribution >= 0.6 is 15.9 Å². The molecule has 0 saturated carbocycles. The number of benzene rings is 1. The van der Waals surface area contributed by atoms with Crippen molar-refractivity contribution in [1.82, 2.24) is 0 Å². The fourth-order valence-electron chi connectivity index (χ4n) is 1.59. The highest BCUT2D eigenvalue weighted by Crippen LogP contribution is 2.30. The van der Waals surface area contributed by atoms with Crippen LogP contribution in [-0.2, 0) is 4.79 Å². The lowest BCUT2D eigenvalue weighted by atomic mass is 10.1. The van der Waals surface area contributed by atoms with Crippen molar-refractivity contribution in [3.05, 3.63) is 28.2 Å². The van der Waals surface area contributed by atoms with Crippen LogP contribution in [0.4, 0.5) is 5.69 Å². The molecule has 1 aromatic rings. The summed E-state index contributed by atoms with van der Waals surface area (Å²) in [7, 11) is 0. The first kappa shape index (κ1) is 9.40. The maximum atomic E-state index is 11.5. The molecule has 0 saturated heterocycles. The number of hydrogen-bond donors (Lipinski definition) is 0. The van der Waals surface area contributed by atoms with Gasteiger partial charge in [0.2, 0.25) is 0 Å². The first-order valence-electron chi connectivity index (χ1n) is 4.31. The molecule has 1 aromatic carbocycles. The highest BCUT2D eigenvalue weighted by Gasteiger charge is 2.34. The largest absolute Gasteiger partial charge is 0.305 e. The third kappa shape index (κ3) is 1.18. The van der Waals surface area contributed by atoms with Crippen LogP contribution in [0, 0.1) is 0 Å². The molecule has 4 heteroatoms. The van der Waals surface area contributed by atoms with Crippen molar-refractivity contribution in [2.24, 2.45) is 0 Å². The zero-order chi connectivity index (χ0) is 10.3. The third-order valence-electron chi connectivity index (χ3n) is 2.25. The molecular weight excluding hydrogens is 246 g/mol. The van der Waals surface area contributed by atoms with Gasteiger partial charge in [-0.2, -0.15) is 0 Å². The molecule has 0 radical (unpaired) electrons. The molecule has 0 fully saturated rings. The number of ketones is 1. The Morgan fingerprint density at radius 3 is 2.71 bits per heavy atom. The van der Waals surface area contributed by atoms with Gasteiger partial charge < -0.3 is 4.90 Å². The SMILES string of the molecule is CCN1C(=O)C(=O)c2cc(Br)ccc21. The lowest BCUT2D eigenvalue weighted by Crippen LogP contribution is -2.29. The minimum Gasteiger partial charge on any atom is -0.305 e. The smallest absolute Gasteiger partial charge is 0.299 e. The summed E-state index contributed by atoms with van der Waals surface area (Å²) in [6.07, 6.45) is 0. The maximum absolute atomic E-state index is 11.5. The highest BCUT2D eigenvalue weighted by atomic mass is 79.9. The second kappa shape index (κ2) is 3.20. The van der Waals surface area contributed by atoms with Gasteiger partial charge in [0.25, 0.3) is 11.7 Å². The zero-order valence-corrected chi connectivity index (χ0v) is 9.17. The summed E-state index contributed by atoms with van der Waals surface area (Å²) in [4.78, 5) is 24.5. The Hall–Kier alpha value is -1.16. The standard InChI is InChI=1S/C10H8BrNO2/c1-2-12-8-4-3-6(11)5-7(8)9(13)10(12)14/h3-5H,2H2,1H3. The molecule has 2 rings (SSSR count). The van der Waals surface area contributed by atoms with Crippen LogP contribution in [0.25, 0.3) is 0 Å². The van der Waals surface area contributed by atoms with E-state index >= 15 is 0 Å². The number of amides is 1. The molecule has 1 amide bonds. The van der Waals surface area contributed by atoms with Crippen molar-refractivity contribution in [3.63, 3.8) is 0 Å². The summed E-state index contributed by atoms with van der Waals surface area (Å²) in [5.41, 5.74) is 1.21. The third-order valence-corrected chi connectivity index (χ3v) is 2.74. The van der Waals surface area contributed by atoms with Gasteiger partial charge in [-0.1, -0.05) is 15.9 Å². The first-order valence-corrected chi connectivity index (χ1v) is 5.10. The quantitative estimate of drug-likeness (QED) is 0.719. The number of nitrogens with zero attached hydrogens (tertiary/aromatic N) is 1. The maximum Gasteiger partial charge on any atom is 0.299 e. The predicted octanol–water partition coefficient (Wildman–Crippen LogP) is 2.00. The zero-order valence-electron chi connectivity index (χ0n) is 7.58. The molecular formula is C10H8BrNO2. The Labute approximate surface area is 89.8 Å². The number of halogens is 1. The summed E-state index contributed by atoms with van der Waals surface area (Å²) in [6.45, 7) is 2.38. The lowest BCUT2D eigenvalue weighted by molar-refractivity contribution is -0.114. The molecule has 3 nitrogen and oxygen atoms in total. The van der Waals surface area contributed by atoms with E-state index in [1.165, 1.54) is 4.90 Å². The Bertz CT molecular complexity index is 428. The molecule has 0 unspecified atom stereocenters. The average Bonchev–Trinajstić information content (AvgIpc) is 2.41. The fourth-order valence-corrected chi connectivity index (χ4v) is 1.95. The summed E-state index contributed by atoms with van der Waals surface area (Å²) >= 11 is 3.27. The molecule has 0 aliphatic carbocycles. The van der Waals surface area contributed by atoms with Crippen LogP contribution in [0.15, 0.2) is 22.7 Å². The summed E-state index contributed by atoms with van der Waals surface area (Å²) in [5.74, 6) is -0.844. The van der Waals surface area contributed by atoms with Gasteiger partial charge in [-0.25, -0.2) is 0 Å². The molecule has 0 bridgehead atoms. The van der Waals surface area contributed by atoms with E-state index in [4.69, 9.17) is 0 Å². The summed E-state index contributed by atoms with van der Waals surface area (Å²) in [6, 6.07) is 5.30. The molecule has 1 aliphatic heterocycles. The van der Waals surface area contributed by atoms with Gasteiger partial charge in [0.15, 0.2) is 0 Å². The number of likely N-dealkylation sites (N-methyl/N-ethyl adjacent to an activating group) is 1. The number of fused-ring (bicyclic) bond motifs is 1. The van der Waals surface area contributed by atoms with Gasteiger partial charge in [0, 0.05) is 11.0 Å². The molecule has 1 aliphatic rings. The topological polar surface area (TPSA) is 37.4 Å². The Kier molecular flexibility index (Phi) is 2.15. The van der Waals surface area contributed by atoms with E-state index in [0.717, 1.165) is 4.47 Å². The Morgan fingerprint density at radius 2 is 2.07 bits per heavy atom. The molecule has 0 atom stereocenters. The van der Waals surface area contributed by atoms with E-state index in [1.54, 1.807) is 12.1 Å². The highest BCUT2D eigenvalue weighted by molar-refractivity contribution is 9.10. The van der Waals surface area contributed by atoms with Crippen LogP contribution in [0.5, 0.6) is 0 Å². The summed E-state index contributed by atoms with van der Waals surface area (Å²) in [5, 5.41) is 0. The minimum atomic E-state index is -0.430. The van der Waals surface area contributed by atoms with Gasteiger partial charge in [0.1, 0.15) is 0 Å². The van der Waals surface area contributed by atoms with Crippen molar-refractivity contribution in [1.29, 1.82) is 0 Å². The van der Waals surface area contributed by atoms with Crippen LogP contribution < -0.4 is 4.90 Å². The first-order chi connectivity index (χ1) is 6.65. The van der Waals surface area contributed by atoms with Gasteiger partial charge >= 0.3 is 0 Å². The van der Waals surface area contributed by atoms with Crippen LogP contribution in [0.3, 0.4) is 0 Å². The van der Waals surface area contributed by atoms with E-state index in [1.807, 2.05) is 13.0 Å². The van der Waals surface area contributed by atoms with Crippen molar-refractivity contribution in [3.8, 4) is 0 Å². The molecule has 0 spiro atoms. The molecule has 0 aromatic heterocycles. The summed E-state index contributed by atoms with van der Waals surface area (Å²) < 4.78 is 0.815. The molecule has 0 N–H and O–H groups in total. The second-order valence-electron chi connectivity index (χ2n) is 3.04. The van der Waals surface area contributed by atoms with Gasteiger partial charge in [-0.05, 0) is 25.1 Å². The lowest BCUT2D eigenvalue weighted by Gasteiger charge is -2.12. The van der Waals surface area contributed by atoms with Crippen molar-refractivity contribution in [2.75, 3.05) is 11.4 Å². The van der Waals surface area contributed by atoms with Crippen LogP contribution in [-0.4, -0.2) is 18.2 Å². The van der Waals surface area contributed by atoms with Crippen molar-refractivity contribution >= 4 is 33.3 Å². The number of anilines is 1. The van der Waals surface area contributed by atoms with Crippen LogP contribution in [0.2, 0.25) is 0 Å². The van der Waals surface area contributed by atoms with E-state index in [0.29, 0.717) is 17.8 Å².